The molecule has 10 nitrogen and oxygen atoms in total. The van der Waals surface area contributed by atoms with Crippen LogP contribution in [0.25, 0.3) is 0 Å². The second-order valence-electron chi connectivity index (χ2n) is 5.80. The number of hydrogen-bond acceptors (Lipinski definition) is 6. The summed E-state index contributed by atoms with van der Waals surface area (Å²) < 4.78 is 6.59. The minimum atomic E-state index is -0.197. The van der Waals surface area contributed by atoms with Crippen LogP contribution in [0.4, 0.5) is 23.0 Å². The van der Waals surface area contributed by atoms with Gasteiger partial charge in [0.15, 0.2) is 0 Å². The third kappa shape index (κ3) is 3.22. The first-order valence-electron chi connectivity index (χ1n) is 8.77. The second-order valence-corrected chi connectivity index (χ2v) is 5.80. The SMILES string of the molecule is CC.Nc1c(N)n2n(c1=O)CC=CC2.Nc1c(N)n2n(c1=O)CCCC2. The van der Waals surface area contributed by atoms with Gasteiger partial charge in [0.2, 0.25) is 0 Å². The highest BCUT2D eigenvalue weighted by Gasteiger charge is 2.17. The Morgan fingerprint density at radius 3 is 1.62 bits per heavy atom. The number of allylic oxidation sites excluding steroid dienone is 2. The number of nitrogen functional groups attached to an aromatic ring is 4. The molecular weight excluding hydrogens is 336 g/mol. The lowest BCUT2D eigenvalue weighted by molar-refractivity contribution is 0.360. The van der Waals surface area contributed by atoms with Gasteiger partial charge >= 0.3 is 0 Å². The number of nitrogens with two attached hydrogens (primary N) is 4. The van der Waals surface area contributed by atoms with E-state index in [1.165, 1.54) is 4.68 Å². The molecule has 2 aromatic rings. The summed E-state index contributed by atoms with van der Waals surface area (Å²) in [4.78, 5) is 22.7. The number of anilines is 4. The molecule has 0 unspecified atom stereocenters. The van der Waals surface area contributed by atoms with Gasteiger partial charge in [-0.2, -0.15) is 0 Å². The van der Waals surface area contributed by atoms with Gasteiger partial charge in [0, 0.05) is 13.1 Å². The van der Waals surface area contributed by atoms with E-state index < -0.39 is 0 Å². The van der Waals surface area contributed by atoms with Crippen LogP contribution in [0.5, 0.6) is 0 Å². The normalized spacial score (nSPS) is 14.4. The molecule has 0 amide bonds. The maximum atomic E-state index is 11.4. The molecule has 4 heterocycles. The third-order valence-electron chi connectivity index (χ3n) is 4.33. The average molecular weight is 364 g/mol. The molecule has 0 spiro atoms. The van der Waals surface area contributed by atoms with E-state index in [1.54, 1.807) is 14.0 Å². The lowest BCUT2D eigenvalue weighted by Gasteiger charge is -2.17. The lowest BCUT2D eigenvalue weighted by atomic mass is 10.3. The highest BCUT2D eigenvalue weighted by Crippen LogP contribution is 2.16. The number of nitrogens with zero attached hydrogens (tertiary/aromatic N) is 4. The Hall–Kier alpha value is -3.04. The number of fused-ring (bicyclic) bond motifs is 2. The van der Waals surface area contributed by atoms with Crippen LogP contribution in [-0.4, -0.2) is 18.7 Å². The maximum absolute atomic E-state index is 11.4. The van der Waals surface area contributed by atoms with Gasteiger partial charge in [0.05, 0.1) is 13.1 Å². The number of aromatic nitrogens is 4. The summed E-state index contributed by atoms with van der Waals surface area (Å²) in [6, 6.07) is 0. The summed E-state index contributed by atoms with van der Waals surface area (Å²) in [6.45, 7) is 6.72. The molecule has 0 saturated heterocycles. The van der Waals surface area contributed by atoms with E-state index >= 15 is 0 Å². The molecule has 8 N–H and O–H groups in total. The molecule has 0 atom stereocenters. The monoisotopic (exact) mass is 364 g/mol. The minimum Gasteiger partial charge on any atom is -0.391 e. The summed E-state index contributed by atoms with van der Waals surface area (Å²) >= 11 is 0. The first-order valence-corrected chi connectivity index (χ1v) is 8.77. The maximum Gasteiger partial charge on any atom is 0.292 e. The number of hydrogen-bond donors (Lipinski definition) is 4. The Labute approximate surface area is 151 Å². The fourth-order valence-electron chi connectivity index (χ4n) is 2.97. The van der Waals surface area contributed by atoms with E-state index in [4.69, 9.17) is 22.9 Å². The molecule has 10 heteroatoms. The zero-order valence-corrected chi connectivity index (χ0v) is 15.3. The van der Waals surface area contributed by atoms with Crippen LogP contribution in [0.2, 0.25) is 0 Å². The van der Waals surface area contributed by atoms with Crippen molar-refractivity contribution in [2.24, 2.45) is 0 Å². The summed E-state index contributed by atoms with van der Waals surface area (Å²) in [5.74, 6) is 0.782. The highest BCUT2D eigenvalue weighted by atomic mass is 16.1. The van der Waals surface area contributed by atoms with Gasteiger partial charge in [-0.1, -0.05) is 26.0 Å². The van der Waals surface area contributed by atoms with Crippen molar-refractivity contribution in [3.8, 4) is 0 Å². The smallest absolute Gasteiger partial charge is 0.292 e. The minimum absolute atomic E-state index is 0.146. The Morgan fingerprint density at radius 2 is 1.12 bits per heavy atom. The van der Waals surface area contributed by atoms with Crippen molar-refractivity contribution in [3.63, 3.8) is 0 Å². The first-order chi connectivity index (χ1) is 12.4. The molecule has 0 saturated carbocycles. The average Bonchev–Trinajstić information content (AvgIpc) is 3.05. The van der Waals surface area contributed by atoms with Crippen molar-refractivity contribution < 1.29 is 0 Å². The zero-order chi connectivity index (χ0) is 19.4. The molecule has 0 aromatic carbocycles. The quantitative estimate of drug-likeness (QED) is 0.482. The van der Waals surface area contributed by atoms with Crippen molar-refractivity contribution in [3.05, 3.63) is 32.9 Å². The van der Waals surface area contributed by atoms with Crippen LogP contribution in [-0.2, 0) is 26.2 Å². The molecule has 0 bridgehead atoms. The van der Waals surface area contributed by atoms with Crippen molar-refractivity contribution in [1.29, 1.82) is 0 Å². The first kappa shape index (κ1) is 19.3. The van der Waals surface area contributed by atoms with Gasteiger partial charge in [0.1, 0.15) is 23.0 Å². The van der Waals surface area contributed by atoms with E-state index in [9.17, 15) is 9.59 Å². The number of rotatable bonds is 0. The third-order valence-corrected chi connectivity index (χ3v) is 4.33. The van der Waals surface area contributed by atoms with E-state index in [-0.39, 0.29) is 22.5 Å². The largest absolute Gasteiger partial charge is 0.391 e. The summed E-state index contributed by atoms with van der Waals surface area (Å²) in [5, 5.41) is 0. The van der Waals surface area contributed by atoms with Gasteiger partial charge in [-0.3, -0.25) is 19.0 Å². The van der Waals surface area contributed by atoms with E-state index in [2.05, 4.69) is 0 Å². The van der Waals surface area contributed by atoms with Crippen molar-refractivity contribution in [1.82, 2.24) is 18.7 Å². The molecule has 4 rings (SSSR count). The van der Waals surface area contributed by atoms with Crippen LogP contribution in [0, 0.1) is 0 Å². The predicted octanol–water partition coefficient (Wildman–Crippen LogP) is 0.0182. The summed E-state index contributed by atoms with van der Waals surface area (Å²) in [6.07, 6.45) is 5.97. The summed E-state index contributed by atoms with van der Waals surface area (Å²) in [5.41, 5.74) is 22.2. The Morgan fingerprint density at radius 1 is 0.692 bits per heavy atom. The van der Waals surface area contributed by atoms with Gasteiger partial charge in [-0.05, 0) is 12.8 Å². The van der Waals surface area contributed by atoms with Crippen LogP contribution in [0.3, 0.4) is 0 Å². The van der Waals surface area contributed by atoms with Crippen molar-refractivity contribution in [2.75, 3.05) is 22.9 Å². The highest BCUT2D eigenvalue weighted by molar-refractivity contribution is 5.58. The fourth-order valence-corrected chi connectivity index (χ4v) is 2.97. The molecule has 0 fully saturated rings. The summed E-state index contributed by atoms with van der Waals surface area (Å²) in [7, 11) is 0. The van der Waals surface area contributed by atoms with Crippen LogP contribution >= 0.6 is 0 Å². The van der Waals surface area contributed by atoms with Crippen molar-refractivity contribution in [2.45, 2.75) is 52.9 Å². The Balaban J connectivity index is 0.000000171. The molecule has 144 valence electrons. The Kier molecular flexibility index (Phi) is 5.86. The van der Waals surface area contributed by atoms with Crippen LogP contribution in [0.1, 0.15) is 26.7 Å². The zero-order valence-electron chi connectivity index (χ0n) is 15.3. The molecule has 2 aromatic heterocycles. The molecule has 26 heavy (non-hydrogen) atoms. The standard InChI is InChI=1S/C7H12N4O.C7H10N4O.C2H6/c2*8-5-6(9)10-3-1-2-4-11(10)7(5)12;1-2/h1-4,8-9H2;1-2H,3-4,8-9H2;1-2H3. The van der Waals surface area contributed by atoms with Gasteiger partial charge < -0.3 is 22.9 Å². The lowest BCUT2D eigenvalue weighted by Crippen LogP contribution is -2.27. The Bertz CT molecular complexity index is 912. The molecular formula is C16H28N8O2. The predicted molar refractivity (Wildman–Crippen MR) is 105 cm³/mol. The molecule has 2 aliphatic heterocycles. The second kappa shape index (κ2) is 7.89. The van der Waals surface area contributed by atoms with Crippen molar-refractivity contribution >= 4 is 23.0 Å². The van der Waals surface area contributed by atoms with Gasteiger partial charge in [-0.25, -0.2) is 9.36 Å². The molecule has 0 aliphatic carbocycles. The van der Waals surface area contributed by atoms with Gasteiger partial charge in [0.25, 0.3) is 11.1 Å². The van der Waals surface area contributed by atoms with Crippen LogP contribution < -0.4 is 34.1 Å². The molecule has 0 radical (unpaired) electrons. The van der Waals surface area contributed by atoms with E-state index in [1.807, 2.05) is 26.0 Å². The van der Waals surface area contributed by atoms with Gasteiger partial charge in [-0.15, -0.1) is 0 Å². The fraction of sp³-hybridized carbons (Fsp3) is 0.500. The molecule has 2 aliphatic rings. The van der Waals surface area contributed by atoms with E-state index in [0.717, 1.165) is 25.9 Å². The topological polar surface area (TPSA) is 158 Å². The van der Waals surface area contributed by atoms with Crippen LogP contribution in [0.15, 0.2) is 21.7 Å². The van der Waals surface area contributed by atoms with E-state index in [0.29, 0.717) is 24.7 Å².